The Bertz CT molecular complexity index is 244. The van der Waals surface area contributed by atoms with Gasteiger partial charge in [-0.1, -0.05) is 30.3 Å². The predicted octanol–water partition coefficient (Wildman–Crippen LogP) is 1.51. The Morgan fingerprint density at radius 3 is 2.43 bits per heavy atom. The van der Waals surface area contributed by atoms with Gasteiger partial charge in [0.15, 0.2) is 0 Å². The number of aryl methyl sites for hydroxylation is 1. The summed E-state index contributed by atoms with van der Waals surface area (Å²) in [7, 11) is 4.12. The SMILES string of the molecule is CN(C)CC(N)CCc1ccccc1. The van der Waals surface area contributed by atoms with E-state index in [9.17, 15) is 0 Å². The average Bonchev–Trinajstić information content (AvgIpc) is 2.15. The van der Waals surface area contributed by atoms with Gasteiger partial charge in [0.05, 0.1) is 0 Å². The molecule has 2 nitrogen and oxygen atoms in total. The Labute approximate surface area is 86.7 Å². The van der Waals surface area contributed by atoms with Gasteiger partial charge >= 0.3 is 0 Å². The standard InChI is InChI=1S/C12H20N2/c1-14(2)10-12(13)9-8-11-6-4-3-5-7-11/h3-7,12H,8-10,13H2,1-2H3. The zero-order valence-electron chi connectivity index (χ0n) is 9.11. The van der Waals surface area contributed by atoms with Crippen molar-refractivity contribution in [2.45, 2.75) is 18.9 Å². The van der Waals surface area contributed by atoms with Crippen molar-refractivity contribution in [3.63, 3.8) is 0 Å². The summed E-state index contributed by atoms with van der Waals surface area (Å²) in [5.41, 5.74) is 7.36. The van der Waals surface area contributed by atoms with Crippen LogP contribution in [0.5, 0.6) is 0 Å². The van der Waals surface area contributed by atoms with Gasteiger partial charge in [0.25, 0.3) is 0 Å². The van der Waals surface area contributed by atoms with Gasteiger partial charge in [-0.05, 0) is 32.5 Å². The smallest absolute Gasteiger partial charge is 0.0170 e. The van der Waals surface area contributed by atoms with Crippen LogP contribution in [0.3, 0.4) is 0 Å². The number of nitrogens with zero attached hydrogens (tertiary/aromatic N) is 1. The molecule has 14 heavy (non-hydrogen) atoms. The van der Waals surface area contributed by atoms with Gasteiger partial charge in [0.1, 0.15) is 0 Å². The minimum atomic E-state index is 0.283. The molecule has 1 unspecified atom stereocenters. The van der Waals surface area contributed by atoms with Crippen LogP contribution >= 0.6 is 0 Å². The highest BCUT2D eigenvalue weighted by molar-refractivity contribution is 5.14. The number of benzene rings is 1. The molecular weight excluding hydrogens is 172 g/mol. The van der Waals surface area contributed by atoms with Gasteiger partial charge in [0.2, 0.25) is 0 Å². The molecular formula is C12H20N2. The van der Waals surface area contributed by atoms with Gasteiger partial charge in [-0.3, -0.25) is 0 Å². The lowest BCUT2D eigenvalue weighted by Crippen LogP contribution is -2.33. The summed E-state index contributed by atoms with van der Waals surface area (Å²) in [6.07, 6.45) is 2.14. The number of hydrogen-bond acceptors (Lipinski definition) is 2. The molecule has 0 heterocycles. The quantitative estimate of drug-likeness (QED) is 0.766. The van der Waals surface area contributed by atoms with Gasteiger partial charge < -0.3 is 10.6 Å². The van der Waals surface area contributed by atoms with E-state index >= 15 is 0 Å². The first kappa shape index (κ1) is 11.2. The van der Waals surface area contributed by atoms with E-state index in [2.05, 4.69) is 43.3 Å². The van der Waals surface area contributed by atoms with Crippen LogP contribution in [0.25, 0.3) is 0 Å². The minimum absolute atomic E-state index is 0.283. The van der Waals surface area contributed by atoms with Crippen LogP contribution < -0.4 is 5.73 Å². The second-order valence-electron chi connectivity index (χ2n) is 4.05. The van der Waals surface area contributed by atoms with E-state index in [0.29, 0.717) is 0 Å². The lowest BCUT2D eigenvalue weighted by Gasteiger charge is -2.16. The number of hydrogen-bond donors (Lipinski definition) is 1. The fourth-order valence-electron chi connectivity index (χ4n) is 1.56. The van der Waals surface area contributed by atoms with Crippen molar-refractivity contribution in [3.05, 3.63) is 35.9 Å². The van der Waals surface area contributed by atoms with E-state index in [1.54, 1.807) is 0 Å². The number of nitrogens with two attached hydrogens (primary N) is 1. The summed E-state index contributed by atoms with van der Waals surface area (Å²) in [6.45, 7) is 0.965. The van der Waals surface area contributed by atoms with Crippen molar-refractivity contribution in [1.29, 1.82) is 0 Å². The molecule has 1 aromatic carbocycles. The maximum Gasteiger partial charge on any atom is 0.0170 e. The lowest BCUT2D eigenvalue weighted by atomic mass is 10.1. The molecule has 0 spiro atoms. The average molecular weight is 192 g/mol. The molecule has 0 amide bonds. The third kappa shape index (κ3) is 4.40. The second kappa shape index (κ2) is 5.78. The molecule has 2 heteroatoms. The van der Waals surface area contributed by atoms with Gasteiger partial charge in [-0.2, -0.15) is 0 Å². The van der Waals surface area contributed by atoms with E-state index in [1.165, 1.54) is 5.56 Å². The van der Waals surface area contributed by atoms with E-state index in [4.69, 9.17) is 5.73 Å². The van der Waals surface area contributed by atoms with Crippen LogP contribution in [-0.4, -0.2) is 31.6 Å². The minimum Gasteiger partial charge on any atom is -0.327 e. The maximum atomic E-state index is 5.98. The van der Waals surface area contributed by atoms with Gasteiger partial charge in [0, 0.05) is 12.6 Å². The highest BCUT2D eigenvalue weighted by Crippen LogP contribution is 2.04. The van der Waals surface area contributed by atoms with Gasteiger partial charge in [-0.15, -0.1) is 0 Å². The summed E-state index contributed by atoms with van der Waals surface area (Å²) in [5, 5.41) is 0. The number of likely N-dealkylation sites (N-methyl/N-ethyl adjacent to an activating group) is 1. The van der Waals surface area contributed by atoms with Crippen LogP contribution in [0, 0.1) is 0 Å². The first-order valence-corrected chi connectivity index (χ1v) is 5.12. The van der Waals surface area contributed by atoms with Crippen LogP contribution in [0.1, 0.15) is 12.0 Å². The zero-order chi connectivity index (χ0) is 10.4. The lowest BCUT2D eigenvalue weighted by molar-refractivity contribution is 0.363. The van der Waals surface area contributed by atoms with E-state index < -0.39 is 0 Å². The third-order valence-corrected chi connectivity index (χ3v) is 2.25. The summed E-state index contributed by atoms with van der Waals surface area (Å²) >= 11 is 0. The van der Waals surface area contributed by atoms with Crippen molar-refractivity contribution in [3.8, 4) is 0 Å². The molecule has 0 aromatic heterocycles. The monoisotopic (exact) mass is 192 g/mol. The topological polar surface area (TPSA) is 29.3 Å². The fourth-order valence-corrected chi connectivity index (χ4v) is 1.56. The normalized spacial score (nSPS) is 13.1. The zero-order valence-corrected chi connectivity index (χ0v) is 9.11. The van der Waals surface area contributed by atoms with Crippen molar-refractivity contribution in [2.75, 3.05) is 20.6 Å². The molecule has 0 aliphatic heterocycles. The molecule has 0 fully saturated rings. The first-order chi connectivity index (χ1) is 6.68. The van der Waals surface area contributed by atoms with E-state index in [1.807, 2.05) is 6.07 Å². The molecule has 0 bridgehead atoms. The molecule has 0 saturated heterocycles. The molecule has 0 saturated carbocycles. The molecule has 1 rings (SSSR count). The van der Waals surface area contributed by atoms with Crippen LogP contribution in [0.2, 0.25) is 0 Å². The number of rotatable bonds is 5. The van der Waals surface area contributed by atoms with Crippen LogP contribution in [0.15, 0.2) is 30.3 Å². The fraction of sp³-hybridized carbons (Fsp3) is 0.500. The molecule has 2 N–H and O–H groups in total. The Hall–Kier alpha value is -0.860. The maximum absolute atomic E-state index is 5.98. The third-order valence-electron chi connectivity index (χ3n) is 2.25. The molecule has 0 aliphatic carbocycles. The Morgan fingerprint density at radius 2 is 1.86 bits per heavy atom. The van der Waals surface area contributed by atoms with Crippen molar-refractivity contribution in [1.82, 2.24) is 4.90 Å². The van der Waals surface area contributed by atoms with Gasteiger partial charge in [-0.25, -0.2) is 0 Å². The first-order valence-electron chi connectivity index (χ1n) is 5.12. The predicted molar refractivity (Wildman–Crippen MR) is 61.3 cm³/mol. The van der Waals surface area contributed by atoms with Crippen molar-refractivity contribution >= 4 is 0 Å². The Kier molecular flexibility index (Phi) is 4.63. The van der Waals surface area contributed by atoms with E-state index in [0.717, 1.165) is 19.4 Å². The summed E-state index contributed by atoms with van der Waals surface area (Å²) in [6, 6.07) is 10.8. The summed E-state index contributed by atoms with van der Waals surface area (Å²) in [4.78, 5) is 2.13. The molecule has 0 aliphatic rings. The highest BCUT2D eigenvalue weighted by Gasteiger charge is 2.03. The molecule has 0 radical (unpaired) electrons. The highest BCUT2D eigenvalue weighted by atomic mass is 15.1. The summed E-state index contributed by atoms with van der Waals surface area (Å²) < 4.78 is 0. The Morgan fingerprint density at radius 1 is 1.21 bits per heavy atom. The van der Waals surface area contributed by atoms with E-state index in [-0.39, 0.29) is 6.04 Å². The molecule has 78 valence electrons. The summed E-state index contributed by atoms with van der Waals surface area (Å²) in [5.74, 6) is 0. The van der Waals surface area contributed by atoms with Crippen LogP contribution in [0.4, 0.5) is 0 Å². The molecule has 1 aromatic rings. The molecule has 1 atom stereocenters. The van der Waals surface area contributed by atoms with Crippen molar-refractivity contribution in [2.24, 2.45) is 5.73 Å². The van der Waals surface area contributed by atoms with Crippen molar-refractivity contribution < 1.29 is 0 Å². The Balaban J connectivity index is 2.27. The largest absolute Gasteiger partial charge is 0.327 e. The second-order valence-corrected chi connectivity index (χ2v) is 4.05. The van der Waals surface area contributed by atoms with Crippen LogP contribution in [-0.2, 0) is 6.42 Å².